The van der Waals surface area contributed by atoms with Crippen molar-refractivity contribution in [2.24, 2.45) is 5.92 Å². The molecule has 1 fully saturated rings. The maximum Gasteiger partial charge on any atom is 0.263 e. The van der Waals surface area contributed by atoms with Crippen LogP contribution < -0.4 is 5.32 Å². The second-order valence-corrected chi connectivity index (χ2v) is 9.11. The Balaban J connectivity index is 1.49. The number of amides is 3. The number of halogens is 1. The number of carbonyl (C=O) groups excluding carboxylic acids is 3. The standard InChI is InChI=1S/C21H24BrN3O3S/c1-14-12-16(22)5-6-17(14)23-19(26)13-24(2)20(27)15-7-9-25(10-8-15)21(28)18-4-3-11-29-18/h3-6,11-12,15H,7-10,13H2,1-2H3,(H,23,26). The van der Waals surface area contributed by atoms with Crippen molar-refractivity contribution in [3.63, 3.8) is 0 Å². The van der Waals surface area contributed by atoms with Crippen LogP contribution in [-0.4, -0.2) is 54.2 Å². The van der Waals surface area contributed by atoms with Crippen molar-refractivity contribution in [1.82, 2.24) is 9.80 Å². The second-order valence-electron chi connectivity index (χ2n) is 7.25. The number of nitrogens with zero attached hydrogens (tertiary/aromatic N) is 2. The van der Waals surface area contributed by atoms with Crippen LogP contribution in [0.25, 0.3) is 0 Å². The van der Waals surface area contributed by atoms with Crippen molar-refractivity contribution >= 4 is 50.7 Å². The van der Waals surface area contributed by atoms with E-state index in [0.717, 1.165) is 20.6 Å². The van der Waals surface area contributed by atoms with Crippen LogP contribution in [0.1, 0.15) is 28.1 Å². The van der Waals surface area contributed by atoms with Gasteiger partial charge < -0.3 is 15.1 Å². The number of piperidine rings is 1. The third-order valence-electron chi connectivity index (χ3n) is 5.08. The number of benzene rings is 1. The summed E-state index contributed by atoms with van der Waals surface area (Å²) in [5.74, 6) is -0.398. The summed E-state index contributed by atoms with van der Waals surface area (Å²) in [6.07, 6.45) is 1.24. The maximum atomic E-state index is 12.7. The number of anilines is 1. The third kappa shape index (κ3) is 5.45. The summed E-state index contributed by atoms with van der Waals surface area (Å²) < 4.78 is 0.948. The molecule has 1 N–H and O–H groups in total. The topological polar surface area (TPSA) is 69.7 Å². The van der Waals surface area contributed by atoms with E-state index < -0.39 is 0 Å². The number of hydrogen-bond donors (Lipinski definition) is 1. The predicted octanol–water partition coefficient (Wildman–Crippen LogP) is 3.77. The van der Waals surface area contributed by atoms with Crippen molar-refractivity contribution in [1.29, 1.82) is 0 Å². The molecule has 1 aliphatic rings. The van der Waals surface area contributed by atoms with E-state index in [1.54, 1.807) is 11.9 Å². The fourth-order valence-corrected chi connectivity index (χ4v) is 4.61. The Hall–Kier alpha value is -2.19. The van der Waals surface area contributed by atoms with Crippen LogP contribution >= 0.6 is 27.3 Å². The van der Waals surface area contributed by atoms with E-state index in [9.17, 15) is 14.4 Å². The average molecular weight is 478 g/mol. The first-order valence-corrected chi connectivity index (χ1v) is 11.2. The van der Waals surface area contributed by atoms with Gasteiger partial charge in [0.05, 0.1) is 11.4 Å². The average Bonchev–Trinajstić information content (AvgIpc) is 3.24. The fourth-order valence-electron chi connectivity index (χ4n) is 3.45. The Kier molecular flexibility index (Phi) is 7.08. The molecule has 0 atom stereocenters. The van der Waals surface area contributed by atoms with Gasteiger partial charge in [-0.2, -0.15) is 0 Å². The van der Waals surface area contributed by atoms with Gasteiger partial charge in [0.15, 0.2) is 0 Å². The highest BCUT2D eigenvalue weighted by Gasteiger charge is 2.30. The Bertz CT molecular complexity index is 893. The molecule has 1 saturated heterocycles. The Morgan fingerprint density at radius 2 is 1.97 bits per heavy atom. The maximum absolute atomic E-state index is 12.7. The zero-order valence-corrected chi connectivity index (χ0v) is 18.9. The summed E-state index contributed by atoms with van der Waals surface area (Å²) in [7, 11) is 1.65. The molecule has 0 aliphatic carbocycles. The molecule has 6 nitrogen and oxygen atoms in total. The fraction of sp³-hybridized carbons (Fsp3) is 0.381. The molecular formula is C21H24BrN3O3S. The number of thiophene rings is 1. The lowest BCUT2D eigenvalue weighted by Gasteiger charge is -2.32. The normalized spacial score (nSPS) is 14.5. The Labute approximate surface area is 183 Å². The lowest BCUT2D eigenvalue weighted by molar-refractivity contribution is -0.138. The Morgan fingerprint density at radius 1 is 1.24 bits per heavy atom. The highest BCUT2D eigenvalue weighted by molar-refractivity contribution is 9.10. The minimum absolute atomic E-state index is 0.00266. The molecule has 3 amide bonds. The van der Waals surface area contributed by atoms with Crippen LogP contribution in [-0.2, 0) is 9.59 Å². The lowest BCUT2D eigenvalue weighted by Crippen LogP contribution is -2.44. The molecule has 8 heteroatoms. The second kappa shape index (κ2) is 9.54. The van der Waals surface area contributed by atoms with E-state index in [-0.39, 0.29) is 30.2 Å². The van der Waals surface area contributed by atoms with Crippen LogP contribution in [0.3, 0.4) is 0 Å². The van der Waals surface area contributed by atoms with Crippen LogP contribution in [0, 0.1) is 12.8 Å². The molecule has 0 bridgehead atoms. The summed E-state index contributed by atoms with van der Waals surface area (Å²) in [5, 5.41) is 4.75. The first-order chi connectivity index (χ1) is 13.8. The molecule has 0 spiro atoms. The molecule has 154 valence electrons. The summed E-state index contributed by atoms with van der Waals surface area (Å²) >= 11 is 4.83. The van der Waals surface area contributed by atoms with E-state index >= 15 is 0 Å². The molecule has 1 aliphatic heterocycles. The van der Waals surface area contributed by atoms with Crippen LogP contribution in [0.2, 0.25) is 0 Å². The number of rotatable bonds is 5. The summed E-state index contributed by atoms with van der Waals surface area (Å²) in [5.41, 5.74) is 1.68. The molecule has 29 heavy (non-hydrogen) atoms. The van der Waals surface area contributed by atoms with Crippen LogP contribution in [0.4, 0.5) is 5.69 Å². The first kappa shape index (κ1) is 21.5. The first-order valence-electron chi connectivity index (χ1n) is 9.49. The van der Waals surface area contributed by atoms with Gasteiger partial charge >= 0.3 is 0 Å². The van der Waals surface area contributed by atoms with E-state index in [1.165, 1.54) is 16.2 Å². The van der Waals surface area contributed by atoms with E-state index in [4.69, 9.17) is 0 Å². The molecule has 2 aromatic rings. The Morgan fingerprint density at radius 3 is 2.59 bits per heavy atom. The van der Waals surface area contributed by atoms with E-state index in [2.05, 4.69) is 21.2 Å². The van der Waals surface area contributed by atoms with Crippen molar-refractivity contribution in [2.75, 3.05) is 32.0 Å². The van der Waals surface area contributed by atoms with Gasteiger partial charge in [-0.3, -0.25) is 14.4 Å². The minimum Gasteiger partial charge on any atom is -0.338 e. The molecule has 0 radical (unpaired) electrons. The highest BCUT2D eigenvalue weighted by Crippen LogP contribution is 2.23. The van der Waals surface area contributed by atoms with Crippen molar-refractivity contribution < 1.29 is 14.4 Å². The number of likely N-dealkylation sites (tertiary alicyclic amines) is 1. The smallest absolute Gasteiger partial charge is 0.263 e. The van der Waals surface area contributed by atoms with Gasteiger partial charge in [0.25, 0.3) is 5.91 Å². The van der Waals surface area contributed by atoms with Crippen LogP contribution in [0.15, 0.2) is 40.2 Å². The summed E-state index contributed by atoms with van der Waals surface area (Å²) in [6, 6.07) is 9.31. The minimum atomic E-state index is -0.225. The number of aryl methyl sites for hydroxylation is 1. The monoisotopic (exact) mass is 477 g/mol. The predicted molar refractivity (Wildman–Crippen MR) is 118 cm³/mol. The molecule has 0 unspecified atom stereocenters. The zero-order chi connectivity index (χ0) is 21.0. The molecular weight excluding hydrogens is 454 g/mol. The quantitative estimate of drug-likeness (QED) is 0.712. The van der Waals surface area contributed by atoms with E-state index in [1.807, 2.05) is 42.6 Å². The SMILES string of the molecule is Cc1cc(Br)ccc1NC(=O)CN(C)C(=O)C1CCN(C(=O)c2cccs2)CC1. The van der Waals surface area contributed by atoms with Crippen molar-refractivity contribution in [3.8, 4) is 0 Å². The van der Waals surface area contributed by atoms with Gasteiger partial charge in [0.2, 0.25) is 11.8 Å². The molecule has 3 rings (SSSR count). The zero-order valence-electron chi connectivity index (χ0n) is 16.5. The highest BCUT2D eigenvalue weighted by atomic mass is 79.9. The molecule has 2 heterocycles. The number of carbonyl (C=O) groups is 3. The van der Waals surface area contributed by atoms with Gasteiger partial charge in [-0.25, -0.2) is 0 Å². The van der Waals surface area contributed by atoms with Gasteiger partial charge in [-0.1, -0.05) is 22.0 Å². The number of hydrogen-bond acceptors (Lipinski definition) is 4. The molecule has 1 aromatic heterocycles. The summed E-state index contributed by atoms with van der Waals surface area (Å²) in [6.45, 7) is 3.04. The van der Waals surface area contributed by atoms with Gasteiger partial charge in [-0.05, 0) is 55.0 Å². The largest absolute Gasteiger partial charge is 0.338 e. The van der Waals surface area contributed by atoms with Gasteiger partial charge in [0, 0.05) is 36.2 Å². The van der Waals surface area contributed by atoms with Crippen molar-refractivity contribution in [3.05, 3.63) is 50.6 Å². The van der Waals surface area contributed by atoms with E-state index in [0.29, 0.717) is 25.9 Å². The van der Waals surface area contributed by atoms with Crippen molar-refractivity contribution in [2.45, 2.75) is 19.8 Å². The van der Waals surface area contributed by atoms with Gasteiger partial charge in [-0.15, -0.1) is 11.3 Å². The molecule has 1 aromatic carbocycles. The summed E-state index contributed by atoms with van der Waals surface area (Å²) in [4.78, 5) is 41.5. The number of nitrogens with one attached hydrogen (secondary N) is 1. The van der Waals surface area contributed by atoms with Gasteiger partial charge in [0.1, 0.15) is 0 Å². The number of likely N-dealkylation sites (N-methyl/N-ethyl adjacent to an activating group) is 1. The van der Waals surface area contributed by atoms with Crippen LogP contribution in [0.5, 0.6) is 0 Å². The lowest BCUT2D eigenvalue weighted by atomic mass is 9.95. The molecule has 0 saturated carbocycles. The third-order valence-corrected chi connectivity index (χ3v) is 6.43.